The fourth-order valence-electron chi connectivity index (χ4n) is 2.69. The van der Waals surface area contributed by atoms with E-state index < -0.39 is 11.4 Å². The quantitative estimate of drug-likeness (QED) is 0.851. The molecule has 1 aromatic rings. The van der Waals surface area contributed by atoms with E-state index in [1.807, 2.05) is 0 Å². The molecular weight excluding hydrogens is 245 g/mol. The second-order valence-electron chi connectivity index (χ2n) is 5.37. The van der Waals surface area contributed by atoms with Crippen molar-refractivity contribution in [2.24, 2.45) is 5.73 Å². The summed E-state index contributed by atoms with van der Waals surface area (Å²) in [5.74, 6) is -0.453. The van der Waals surface area contributed by atoms with E-state index in [-0.39, 0.29) is 11.5 Å². The zero-order valence-corrected chi connectivity index (χ0v) is 11.2. The molecule has 0 aromatic heterocycles. The van der Waals surface area contributed by atoms with Crippen molar-refractivity contribution >= 4 is 5.78 Å². The minimum atomic E-state index is -0.511. The van der Waals surface area contributed by atoms with Crippen LogP contribution in [-0.4, -0.2) is 18.4 Å². The predicted octanol–water partition coefficient (Wildman–Crippen LogP) is 3.07. The third-order valence-electron chi connectivity index (χ3n) is 3.84. The first-order chi connectivity index (χ1) is 9.04. The van der Waals surface area contributed by atoms with Crippen molar-refractivity contribution in [3.63, 3.8) is 0 Å². The summed E-state index contributed by atoms with van der Waals surface area (Å²) in [5.41, 5.74) is 6.21. The first kappa shape index (κ1) is 14.0. The normalized spacial score (nSPS) is 18.1. The first-order valence-electron chi connectivity index (χ1n) is 6.70. The molecule has 1 aliphatic carbocycles. The Kier molecular flexibility index (Phi) is 4.20. The Bertz CT molecular complexity index is 467. The van der Waals surface area contributed by atoms with Gasteiger partial charge in [0.25, 0.3) is 0 Å². The molecule has 2 rings (SSSR count). The van der Waals surface area contributed by atoms with Gasteiger partial charge in [-0.05, 0) is 31.0 Å². The van der Waals surface area contributed by atoms with E-state index in [0.29, 0.717) is 12.0 Å². The van der Waals surface area contributed by atoms with Crippen LogP contribution >= 0.6 is 0 Å². The summed E-state index contributed by atoms with van der Waals surface area (Å²) in [6.07, 6.45) is 5.36. The summed E-state index contributed by atoms with van der Waals surface area (Å²) < 4.78 is 18.4. The number of hydrogen-bond acceptors (Lipinski definition) is 3. The van der Waals surface area contributed by atoms with E-state index in [0.717, 1.165) is 25.7 Å². The summed E-state index contributed by atoms with van der Waals surface area (Å²) in [7, 11) is 1.40. The molecule has 19 heavy (non-hydrogen) atoms. The van der Waals surface area contributed by atoms with E-state index in [2.05, 4.69) is 0 Å². The molecule has 104 valence electrons. The first-order valence-corrected chi connectivity index (χ1v) is 6.70. The van der Waals surface area contributed by atoms with Gasteiger partial charge in [-0.25, -0.2) is 4.39 Å². The van der Waals surface area contributed by atoms with E-state index in [4.69, 9.17) is 10.5 Å². The third kappa shape index (κ3) is 3.32. The summed E-state index contributed by atoms with van der Waals surface area (Å²) in [5, 5.41) is 0. The number of carbonyl (C=O) groups excluding carboxylic acids is 1. The van der Waals surface area contributed by atoms with Gasteiger partial charge in [0.1, 0.15) is 0 Å². The third-order valence-corrected chi connectivity index (χ3v) is 3.84. The van der Waals surface area contributed by atoms with E-state index in [1.165, 1.54) is 25.7 Å². The maximum absolute atomic E-state index is 13.6. The standard InChI is InChI=1S/C15H20FNO2/c1-19-14-6-5-11(9-12(14)16)13(18)10-15(17)7-3-2-4-8-15/h5-6,9H,2-4,7-8,10,17H2,1H3. The maximum atomic E-state index is 13.6. The molecule has 2 N–H and O–H groups in total. The number of hydrogen-bond donors (Lipinski definition) is 1. The fraction of sp³-hybridized carbons (Fsp3) is 0.533. The highest BCUT2D eigenvalue weighted by atomic mass is 19.1. The SMILES string of the molecule is COc1ccc(C(=O)CC2(N)CCCCC2)cc1F. The lowest BCUT2D eigenvalue weighted by Crippen LogP contribution is -2.43. The Balaban J connectivity index is 2.09. The van der Waals surface area contributed by atoms with Crippen molar-refractivity contribution in [3.8, 4) is 5.75 Å². The van der Waals surface area contributed by atoms with Crippen LogP contribution in [0.1, 0.15) is 48.9 Å². The largest absolute Gasteiger partial charge is 0.494 e. The van der Waals surface area contributed by atoms with Crippen LogP contribution in [0.4, 0.5) is 4.39 Å². The Hall–Kier alpha value is -1.42. The van der Waals surface area contributed by atoms with Gasteiger partial charge in [-0.15, -0.1) is 0 Å². The number of carbonyl (C=O) groups is 1. The number of ketones is 1. The molecule has 0 unspecified atom stereocenters. The van der Waals surface area contributed by atoms with Crippen molar-refractivity contribution in [1.29, 1.82) is 0 Å². The summed E-state index contributed by atoms with van der Waals surface area (Å²) in [4.78, 5) is 12.2. The second kappa shape index (κ2) is 5.70. The van der Waals surface area contributed by atoms with Gasteiger partial charge >= 0.3 is 0 Å². The number of methoxy groups -OCH3 is 1. The lowest BCUT2D eigenvalue weighted by Gasteiger charge is -2.32. The Morgan fingerprint density at radius 1 is 1.37 bits per heavy atom. The number of halogens is 1. The average molecular weight is 265 g/mol. The Morgan fingerprint density at radius 2 is 2.05 bits per heavy atom. The second-order valence-corrected chi connectivity index (χ2v) is 5.37. The van der Waals surface area contributed by atoms with Crippen molar-refractivity contribution in [2.75, 3.05) is 7.11 Å². The molecule has 0 radical (unpaired) electrons. The van der Waals surface area contributed by atoms with Crippen LogP contribution in [0.15, 0.2) is 18.2 Å². The van der Waals surface area contributed by atoms with Crippen LogP contribution in [0, 0.1) is 5.82 Å². The molecule has 0 atom stereocenters. The highest BCUT2D eigenvalue weighted by molar-refractivity contribution is 5.97. The van der Waals surface area contributed by atoms with Crippen LogP contribution in [-0.2, 0) is 0 Å². The summed E-state index contributed by atoms with van der Waals surface area (Å²) >= 11 is 0. The molecule has 0 saturated heterocycles. The topological polar surface area (TPSA) is 52.3 Å². The fourth-order valence-corrected chi connectivity index (χ4v) is 2.69. The Morgan fingerprint density at radius 3 is 2.63 bits per heavy atom. The zero-order chi connectivity index (χ0) is 13.9. The molecule has 4 heteroatoms. The van der Waals surface area contributed by atoms with E-state index >= 15 is 0 Å². The molecular formula is C15H20FNO2. The monoisotopic (exact) mass is 265 g/mol. The van der Waals surface area contributed by atoms with Crippen LogP contribution < -0.4 is 10.5 Å². The van der Waals surface area contributed by atoms with Crippen molar-refractivity contribution in [2.45, 2.75) is 44.1 Å². The number of Topliss-reactive ketones (excluding diaryl/α,β-unsaturated/α-hetero) is 1. The summed E-state index contributed by atoms with van der Waals surface area (Å²) in [6, 6.07) is 4.30. The Labute approximate surface area is 112 Å². The minimum Gasteiger partial charge on any atom is -0.494 e. The molecule has 1 saturated carbocycles. The molecule has 3 nitrogen and oxygen atoms in total. The van der Waals surface area contributed by atoms with Gasteiger partial charge in [-0.3, -0.25) is 4.79 Å². The van der Waals surface area contributed by atoms with Gasteiger partial charge in [0, 0.05) is 17.5 Å². The minimum absolute atomic E-state index is 0.0917. The van der Waals surface area contributed by atoms with Crippen molar-refractivity contribution in [3.05, 3.63) is 29.6 Å². The maximum Gasteiger partial charge on any atom is 0.165 e. The zero-order valence-electron chi connectivity index (χ0n) is 11.2. The average Bonchev–Trinajstić information content (AvgIpc) is 2.39. The van der Waals surface area contributed by atoms with Gasteiger partial charge in [-0.2, -0.15) is 0 Å². The smallest absolute Gasteiger partial charge is 0.165 e. The van der Waals surface area contributed by atoms with E-state index in [9.17, 15) is 9.18 Å². The molecule has 0 bridgehead atoms. The van der Waals surface area contributed by atoms with Gasteiger partial charge in [0.2, 0.25) is 0 Å². The van der Waals surface area contributed by atoms with Crippen LogP contribution in [0.5, 0.6) is 5.75 Å². The van der Waals surface area contributed by atoms with Crippen molar-refractivity contribution in [1.82, 2.24) is 0 Å². The summed E-state index contributed by atoms with van der Waals surface area (Å²) in [6.45, 7) is 0. The molecule has 1 aliphatic rings. The number of ether oxygens (including phenoxy) is 1. The van der Waals surface area contributed by atoms with Gasteiger partial charge in [-0.1, -0.05) is 19.3 Å². The molecule has 0 spiro atoms. The van der Waals surface area contributed by atoms with Crippen molar-refractivity contribution < 1.29 is 13.9 Å². The van der Waals surface area contributed by atoms with Gasteiger partial charge < -0.3 is 10.5 Å². The molecule has 1 fully saturated rings. The number of benzene rings is 1. The van der Waals surface area contributed by atoms with Crippen LogP contribution in [0.2, 0.25) is 0 Å². The van der Waals surface area contributed by atoms with Crippen LogP contribution in [0.3, 0.4) is 0 Å². The van der Waals surface area contributed by atoms with Gasteiger partial charge in [0.05, 0.1) is 7.11 Å². The van der Waals surface area contributed by atoms with Crippen LogP contribution in [0.25, 0.3) is 0 Å². The van der Waals surface area contributed by atoms with Gasteiger partial charge in [0.15, 0.2) is 17.3 Å². The lowest BCUT2D eigenvalue weighted by molar-refractivity contribution is 0.0934. The highest BCUT2D eigenvalue weighted by Gasteiger charge is 2.30. The molecule has 1 aromatic carbocycles. The molecule has 0 amide bonds. The number of rotatable bonds is 4. The highest BCUT2D eigenvalue weighted by Crippen LogP contribution is 2.30. The predicted molar refractivity (Wildman–Crippen MR) is 71.9 cm³/mol. The number of nitrogens with two attached hydrogens (primary N) is 1. The molecule has 0 heterocycles. The van der Waals surface area contributed by atoms with E-state index in [1.54, 1.807) is 6.07 Å². The lowest BCUT2D eigenvalue weighted by atomic mass is 9.78. The molecule has 0 aliphatic heterocycles.